The predicted molar refractivity (Wildman–Crippen MR) is 97.1 cm³/mol. The maximum Gasteiger partial charge on any atom is 0.157 e. The van der Waals surface area contributed by atoms with E-state index in [0.717, 1.165) is 58.0 Å². The maximum atomic E-state index is 11.8. The second kappa shape index (κ2) is 9.11. The highest BCUT2D eigenvalue weighted by atomic mass is 16.7. The van der Waals surface area contributed by atoms with E-state index < -0.39 is 6.10 Å². The van der Waals surface area contributed by atoms with Crippen LogP contribution in [-0.2, 0) is 14.3 Å². The third kappa shape index (κ3) is 5.02. The first-order chi connectivity index (χ1) is 12.2. The number of rotatable bonds is 8. The highest BCUT2D eigenvalue weighted by Crippen LogP contribution is 2.45. The van der Waals surface area contributed by atoms with Crippen LogP contribution in [0.2, 0.25) is 0 Å². The Morgan fingerprint density at radius 1 is 1.36 bits per heavy atom. The van der Waals surface area contributed by atoms with Gasteiger partial charge in [0.15, 0.2) is 12.1 Å². The predicted octanol–water partition coefficient (Wildman–Crippen LogP) is 3.93. The van der Waals surface area contributed by atoms with E-state index in [4.69, 9.17) is 9.47 Å². The van der Waals surface area contributed by atoms with Gasteiger partial charge in [0.25, 0.3) is 0 Å². The molecule has 1 heterocycles. The SMILES string of the molecule is CCCCC[C@H](O)/C=C/[C@H]1[C@H](OC2CCCCO2)CC2=CC(=O)C[C@@H]21. The molecule has 0 aromatic carbocycles. The summed E-state index contributed by atoms with van der Waals surface area (Å²) in [4.78, 5) is 11.8. The van der Waals surface area contributed by atoms with E-state index in [1.54, 1.807) is 0 Å². The maximum absolute atomic E-state index is 11.8. The molecule has 0 radical (unpaired) electrons. The molecule has 3 rings (SSSR count). The number of ether oxygens (including phenoxy) is 2. The number of carbonyl (C=O) groups is 1. The van der Waals surface area contributed by atoms with Gasteiger partial charge in [-0.05, 0) is 44.1 Å². The van der Waals surface area contributed by atoms with Crippen molar-refractivity contribution in [1.82, 2.24) is 0 Å². The van der Waals surface area contributed by atoms with Crippen LogP contribution in [0.15, 0.2) is 23.8 Å². The van der Waals surface area contributed by atoms with Crippen molar-refractivity contribution in [2.75, 3.05) is 6.61 Å². The number of aliphatic hydroxyl groups is 1. The monoisotopic (exact) mass is 348 g/mol. The third-order valence-corrected chi connectivity index (χ3v) is 5.70. The van der Waals surface area contributed by atoms with E-state index in [1.807, 2.05) is 12.2 Å². The lowest BCUT2D eigenvalue weighted by molar-refractivity contribution is -0.192. The summed E-state index contributed by atoms with van der Waals surface area (Å²) in [5, 5.41) is 10.2. The standard InChI is InChI=1S/C21H32O4/c1-2-3-4-7-16(22)9-10-18-19-14-17(23)12-15(19)13-20(18)25-21-8-5-6-11-24-21/h9-10,12,16,18-22H,2-8,11,13-14H2,1H3/b10-9+/t16-,18+,19-,20+,21?/m0/s1. The number of unbranched alkanes of at least 4 members (excludes halogenated alkanes) is 2. The molecule has 0 aromatic heterocycles. The van der Waals surface area contributed by atoms with Crippen LogP contribution < -0.4 is 0 Å². The van der Waals surface area contributed by atoms with Gasteiger partial charge in [-0.15, -0.1) is 0 Å². The van der Waals surface area contributed by atoms with Gasteiger partial charge in [0, 0.05) is 18.9 Å². The van der Waals surface area contributed by atoms with Crippen LogP contribution in [0.4, 0.5) is 0 Å². The Hall–Kier alpha value is -0.970. The van der Waals surface area contributed by atoms with Crippen molar-refractivity contribution in [2.45, 2.75) is 83.2 Å². The van der Waals surface area contributed by atoms with Gasteiger partial charge in [-0.1, -0.05) is 43.9 Å². The molecule has 1 saturated heterocycles. The molecule has 1 unspecified atom stereocenters. The van der Waals surface area contributed by atoms with Gasteiger partial charge < -0.3 is 14.6 Å². The van der Waals surface area contributed by atoms with Crippen molar-refractivity contribution in [3.63, 3.8) is 0 Å². The molecule has 0 aromatic rings. The average molecular weight is 348 g/mol. The first-order valence-corrected chi connectivity index (χ1v) is 10.0. The third-order valence-electron chi connectivity index (χ3n) is 5.70. The van der Waals surface area contributed by atoms with E-state index in [-0.39, 0.29) is 30.0 Å². The number of fused-ring (bicyclic) bond motifs is 1. The van der Waals surface area contributed by atoms with E-state index in [9.17, 15) is 9.90 Å². The molecule has 3 aliphatic rings. The smallest absolute Gasteiger partial charge is 0.157 e. The molecule has 140 valence electrons. The summed E-state index contributed by atoms with van der Waals surface area (Å²) >= 11 is 0. The zero-order valence-electron chi connectivity index (χ0n) is 15.4. The topological polar surface area (TPSA) is 55.8 Å². The second-order valence-electron chi connectivity index (χ2n) is 7.70. The summed E-state index contributed by atoms with van der Waals surface area (Å²) in [6.45, 7) is 2.94. The van der Waals surface area contributed by atoms with Crippen LogP contribution in [-0.4, -0.2) is 36.0 Å². The quantitative estimate of drug-likeness (QED) is 0.533. The van der Waals surface area contributed by atoms with Crippen LogP contribution in [0.1, 0.15) is 64.7 Å². The molecule has 2 fully saturated rings. The summed E-state index contributed by atoms with van der Waals surface area (Å²) in [5.41, 5.74) is 1.22. The molecule has 0 amide bonds. The number of hydrogen-bond donors (Lipinski definition) is 1. The largest absolute Gasteiger partial charge is 0.389 e. The summed E-state index contributed by atoms with van der Waals surface area (Å²) in [6, 6.07) is 0. The van der Waals surface area contributed by atoms with Crippen molar-refractivity contribution in [3.8, 4) is 0 Å². The fourth-order valence-electron chi connectivity index (χ4n) is 4.31. The van der Waals surface area contributed by atoms with Crippen molar-refractivity contribution in [1.29, 1.82) is 0 Å². The average Bonchev–Trinajstić information content (AvgIpc) is 3.10. The first kappa shape index (κ1) is 18.8. The minimum atomic E-state index is -0.400. The first-order valence-electron chi connectivity index (χ1n) is 10.0. The van der Waals surface area contributed by atoms with Crippen LogP contribution in [0.5, 0.6) is 0 Å². The number of carbonyl (C=O) groups excluding carboxylic acids is 1. The molecule has 0 spiro atoms. The Morgan fingerprint density at radius 3 is 3.00 bits per heavy atom. The Labute approximate surface area is 151 Å². The van der Waals surface area contributed by atoms with E-state index in [2.05, 4.69) is 13.0 Å². The van der Waals surface area contributed by atoms with Gasteiger partial charge >= 0.3 is 0 Å². The number of aliphatic hydroxyl groups excluding tert-OH is 1. The summed E-state index contributed by atoms with van der Waals surface area (Å²) in [6.07, 6.45) is 14.2. The lowest BCUT2D eigenvalue weighted by Crippen LogP contribution is -2.31. The molecular weight excluding hydrogens is 316 g/mol. The molecule has 0 bridgehead atoms. The van der Waals surface area contributed by atoms with Crippen molar-refractivity contribution in [3.05, 3.63) is 23.8 Å². The van der Waals surface area contributed by atoms with E-state index >= 15 is 0 Å². The van der Waals surface area contributed by atoms with Crippen LogP contribution in [0.3, 0.4) is 0 Å². The molecule has 2 aliphatic carbocycles. The molecule has 1 aliphatic heterocycles. The van der Waals surface area contributed by atoms with Crippen molar-refractivity contribution < 1.29 is 19.4 Å². The Bertz CT molecular complexity index is 504. The molecular formula is C21H32O4. The number of ketones is 1. The number of hydrogen-bond acceptors (Lipinski definition) is 4. The fraction of sp³-hybridized carbons (Fsp3) is 0.762. The lowest BCUT2D eigenvalue weighted by atomic mass is 9.91. The Morgan fingerprint density at radius 2 is 2.24 bits per heavy atom. The Kier molecular flexibility index (Phi) is 6.85. The minimum Gasteiger partial charge on any atom is -0.389 e. The molecule has 4 heteroatoms. The van der Waals surface area contributed by atoms with Gasteiger partial charge in [0.05, 0.1) is 12.2 Å². The van der Waals surface area contributed by atoms with Crippen LogP contribution in [0.25, 0.3) is 0 Å². The van der Waals surface area contributed by atoms with Gasteiger partial charge in [0.1, 0.15) is 0 Å². The van der Waals surface area contributed by atoms with E-state index in [0.29, 0.717) is 6.42 Å². The van der Waals surface area contributed by atoms with Gasteiger partial charge in [-0.2, -0.15) is 0 Å². The minimum absolute atomic E-state index is 0.0616. The summed E-state index contributed by atoms with van der Waals surface area (Å²) < 4.78 is 12.0. The zero-order chi connectivity index (χ0) is 17.6. The molecule has 1 saturated carbocycles. The normalized spacial score (nSPS) is 33.7. The Balaban J connectivity index is 1.61. The highest BCUT2D eigenvalue weighted by molar-refractivity contribution is 5.93. The summed E-state index contributed by atoms with van der Waals surface area (Å²) in [5.74, 6) is 0.651. The number of allylic oxidation sites excluding steroid dienone is 1. The van der Waals surface area contributed by atoms with Gasteiger partial charge in [0.2, 0.25) is 0 Å². The molecule has 25 heavy (non-hydrogen) atoms. The molecule has 4 nitrogen and oxygen atoms in total. The van der Waals surface area contributed by atoms with Gasteiger partial charge in [-0.3, -0.25) is 4.79 Å². The lowest BCUT2D eigenvalue weighted by Gasteiger charge is -2.29. The van der Waals surface area contributed by atoms with Crippen LogP contribution >= 0.6 is 0 Å². The van der Waals surface area contributed by atoms with Crippen molar-refractivity contribution >= 4 is 5.78 Å². The summed E-state index contributed by atoms with van der Waals surface area (Å²) in [7, 11) is 0. The highest BCUT2D eigenvalue weighted by Gasteiger charge is 2.43. The molecule has 1 N–H and O–H groups in total. The second-order valence-corrected chi connectivity index (χ2v) is 7.70. The van der Waals surface area contributed by atoms with Crippen LogP contribution in [0, 0.1) is 11.8 Å². The fourth-order valence-corrected chi connectivity index (χ4v) is 4.31. The zero-order valence-corrected chi connectivity index (χ0v) is 15.4. The van der Waals surface area contributed by atoms with Crippen molar-refractivity contribution in [2.24, 2.45) is 11.8 Å². The van der Waals surface area contributed by atoms with E-state index in [1.165, 1.54) is 5.57 Å². The van der Waals surface area contributed by atoms with Gasteiger partial charge in [-0.25, -0.2) is 0 Å². The molecule has 5 atom stereocenters.